The van der Waals surface area contributed by atoms with Gasteiger partial charge >= 0.3 is 0 Å². The van der Waals surface area contributed by atoms with E-state index in [0.29, 0.717) is 4.47 Å². The van der Waals surface area contributed by atoms with Crippen molar-refractivity contribution in [1.29, 1.82) is 0 Å². The van der Waals surface area contributed by atoms with Gasteiger partial charge in [0.25, 0.3) is 5.91 Å². The van der Waals surface area contributed by atoms with E-state index < -0.39 is 53.2 Å². The first-order valence-corrected chi connectivity index (χ1v) is 8.47. The van der Waals surface area contributed by atoms with Crippen molar-refractivity contribution < 1.29 is 40.3 Å². The number of ether oxygens (including phenoxy) is 1. The van der Waals surface area contributed by atoms with Gasteiger partial charge in [0.2, 0.25) is 29.1 Å². The average Bonchev–Trinajstić information content (AvgIpc) is 3.16. The molecule has 0 fully saturated rings. The molecule has 1 amide bonds. The van der Waals surface area contributed by atoms with Gasteiger partial charge < -0.3 is 14.5 Å². The largest absolute Gasteiger partial charge is 0.479 e. The molecular formula is C18H8BrF6NO3. The lowest BCUT2D eigenvalue weighted by atomic mass is 10.2. The van der Waals surface area contributed by atoms with Gasteiger partial charge in [0, 0.05) is 4.47 Å². The summed E-state index contributed by atoms with van der Waals surface area (Å²) >= 11 is 3.06. The van der Waals surface area contributed by atoms with Gasteiger partial charge in [0.1, 0.15) is 18.2 Å². The Morgan fingerprint density at radius 2 is 1.55 bits per heavy atom. The maximum absolute atomic E-state index is 13.8. The number of nitrogens with one attached hydrogen (secondary N) is 1. The van der Waals surface area contributed by atoms with Crippen molar-refractivity contribution in [1.82, 2.24) is 0 Å². The predicted octanol–water partition coefficient (Wildman–Crippen LogP) is 5.71. The van der Waals surface area contributed by atoms with Gasteiger partial charge in [-0.2, -0.15) is 8.78 Å². The summed E-state index contributed by atoms with van der Waals surface area (Å²) in [6.07, 6.45) is 0. The van der Waals surface area contributed by atoms with Crippen LogP contribution in [0.15, 0.2) is 39.2 Å². The van der Waals surface area contributed by atoms with Crippen molar-refractivity contribution in [2.45, 2.75) is 6.61 Å². The highest BCUT2D eigenvalue weighted by molar-refractivity contribution is 9.10. The van der Waals surface area contributed by atoms with Crippen molar-refractivity contribution in [2.24, 2.45) is 0 Å². The molecule has 0 aliphatic rings. The minimum Gasteiger partial charge on any atom is -0.479 e. The Balaban J connectivity index is 1.72. The van der Waals surface area contributed by atoms with Crippen LogP contribution in [0.5, 0.6) is 5.75 Å². The van der Waals surface area contributed by atoms with E-state index >= 15 is 0 Å². The zero-order valence-electron chi connectivity index (χ0n) is 14.0. The molecule has 0 spiro atoms. The summed E-state index contributed by atoms with van der Waals surface area (Å²) in [4.78, 5) is 12.1. The molecule has 1 N–H and O–H groups in total. The molecule has 1 heterocycles. The minimum absolute atomic E-state index is 0.131. The van der Waals surface area contributed by atoms with Gasteiger partial charge in [-0.15, -0.1) is 0 Å². The Bertz CT molecular complexity index is 1070. The van der Waals surface area contributed by atoms with Crippen LogP contribution in [-0.4, -0.2) is 5.91 Å². The molecule has 3 rings (SSSR count). The minimum atomic E-state index is -2.32. The predicted molar refractivity (Wildman–Crippen MR) is 91.3 cm³/mol. The fraction of sp³-hybridized carbons (Fsp3) is 0.0556. The van der Waals surface area contributed by atoms with Crippen LogP contribution < -0.4 is 10.1 Å². The van der Waals surface area contributed by atoms with E-state index in [-0.39, 0.29) is 17.2 Å². The van der Waals surface area contributed by atoms with E-state index in [1.807, 2.05) is 0 Å². The third-order valence-electron chi connectivity index (χ3n) is 3.59. The molecule has 0 atom stereocenters. The fourth-order valence-corrected chi connectivity index (χ4v) is 2.54. The SMILES string of the molecule is O=C(Nc1ccc(Br)cc1F)c1ccc(COc2c(F)c(F)c(F)c(F)c2F)o1. The van der Waals surface area contributed by atoms with Crippen molar-refractivity contribution >= 4 is 27.5 Å². The van der Waals surface area contributed by atoms with Crippen LogP contribution in [-0.2, 0) is 6.61 Å². The number of hydrogen-bond donors (Lipinski definition) is 1. The highest BCUT2D eigenvalue weighted by atomic mass is 79.9. The second kappa shape index (κ2) is 8.19. The molecule has 3 aromatic rings. The van der Waals surface area contributed by atoms with Gasteiger partial charge in [-0.1, -0.05) is 15.9 Å². The number of anilines is 1. The summed E-state index contributed by atoms with van der Waals surface area (Å²) < 4.78 is 90.4. The quantitative estimate of drug-likeness (QED) is 0.289. The third kappa shape index (κ3) is 4.24. The number of furan rings is 1. The van der Waals surface area contributed by atoms with E-state index in [9.17, 15) is 31.1 Å². The molecule has 2 aromatic carbocycles. The average molecular weight is 480 g/mol. The highest BCUT2D eigenvalue weighted by Crippen LogP contribution is 2.30. The number of halogens is 7. The molecule has 4 nitrogen and oxygen atoms in total. The van der Waals surface area contributed by atoms with Crippen molar-refractivity contribution in [3.63, 3.8) is 0 Å². The number of carbonyl (C=O) groups is 1. The zero-order chi connectivity index (χ0) is 21.3. The molecule has 0 saturated carbocycles. The molecule has 0 aliphatic carbocycles. The molecule has 152 valence electrons. The lowest BCUT2D eigenvalue weighted by molar-refractivity contribution is 0.0991. The first kappa shape index (κ1) is 20.8. The number of carbonyl (C=O) groups excluding carboxylic acids is 1. The molecule has 0 aliphatic heterocycles. The molecule has 0 saturated heterocycles. The highest BCUT2D eigenvalue weighted by Gasteiger charge is 2.27. The lowest BCUT2D eigenvalue weighted by Gasteiger charge is -2.09. The summed E-state index contributed by atoms with van der Waals surface area (Å²) in [5.41, 5.74) is -0.131. The molecule has 1 aromatic heterocycles. The Labute approximate surface area is 167 Å². The summed E-state index contributed by atoms with van der Waals surface area (Å²) in [5, 5.41) is 2.25. The smallest absolute Gasteiger partial charge is 0.291 e. The standard InChI is InChI=1S/C18H8BrF6NO3/c19-7-1-3-10(9(20)5-7)26-18(27)11-4-2-8(29-11)6-28-17-15(24)13(22)12(21)14(23)16(17)25/h1-5H,6H2,(H,26,27). The maximum Gasteiger partial charge on any atom is 0.291 e. The number of hydrogen-bond acceptors (Lipinski definition) is 3. The van der Waals surface area contributed by atoms with Crippen molar-refractivity contribution in [3.05, 3.63) is 81.2 Å². The molecule has 29 heavy (non-hydrogen) atoms. The van der Waals surface area contributed by atoms with Crippen LogP contribution in [0.3, 0.4) is 0 Å². The monoisotopic (exact) mass is 479 g/mol. The summed E-state index contributed by atoms with van der Waals surface area (Å²) in [6, 6.07) is 6.25. The van der Waals surface area contributed by atoms with Gasteiger partial charge in [-0.3, -0.25) is 4.79 Å². The molecule has 0 bridgehead atoms. The van der Waals surface area contributed by atoms with Gasteiger partial charge in [0.15, 0.2) is 11.5 Å². The van der Waals surface area contributed by atoms with Crippen LogP contribution in [0, 0.1) is 34.9 Å². The van der Waals surface area contributed by atoms with E-state index in [0.717, 1.165) is 12.1 Å². The summed E-state index contributed by atoms with van der Waals surface area (Å²) in [6.45, 7) is -0.738. The second-order valence-electron chi connectivity index (χ2n) is 5.53. The number of rotatable bonds is 5. The molecule has 0 unspecified atom stereocenters. The summed E-state index contributed by atoms with van der Waals surface area (Å²) in [5.74, 6) is -14.4. The fourth-order valence-electron chi connectivity index (χ4n) is 2.21. The first-order chi connectivity index (χ1) is 13.7. The van der Waals surface area contributed by atoms with Crippen LogP contribution in [0.25, 0.3) is 0 Å². The Hall–Kier alpha value is -2.95. The van der Waals surface area contributed by atoms with Gasteiger partial charge in [0.05, 0.1) is 5.69 Å². The number of amides is 1. The van der Waals surface area contributed by atoms with Crippen LogP contribution >= 0.6 is 15.9 Å². The van der Waals surface area contributed by atoms with Crippen LogP contribution in [0.1, 0.15) is 16.3 Å². The van der Waals surface area contributed by atoms with E-state index in [1.165, 1.54) is 18.2 Å². The van der Waals surface area contributed by atoms with E-state index in [4.69, 9.17) is 4.42 Å². The van der Waals surface area contributed by atoms with Crippen molar-refractivity contribution in [2.75, 3.05) is 5.32 Å². The zero-order valence-corrected chi connectivity index (χ0v) is 15.6. The Morgan fingerprint density at radius 3 is 2.17 bits per heavy atom. The van der Waals surface area contributed by atoms with E-state index in [2.05, 4.69) is 26.0 Å². The first-order valence-electron chi connectivity index (χ1n) is 7.68. The number of benzene rings is 2. The normalized spacial score (nSPS) is 10.9. The van der Waals surface area contributed by atoms with Gasteiger partial charge in [-0.25, -0.2) is 17.6 Å². The molecule has 0 radical (unpaired) electrons. The second-order valence-corrected chi connectivity index (χ2v) is 6.45. The van der Waals surface area contributed by atoms with Crippen LogP contribution in [0.4, 0.5) is 32.0 Å². The van der Waals surface area contributed by atoms with Crippen LogP contribution in [0.2, 0.25) is 0 Å². The maximum atomic E-state index is 13.8. The topological polar surface area (TPSA) is 51.5 Å². The summed E-state index contributed by atoms with van der Waals surface area (Å²) in [7, 11) is 0. The lowest BCUT2D eigenvalue weighted by Crippen LogP contribution is -2.12. The Morgan fingerprint density at radius 1 is 0.931 bits per heavy atom. The molecule has 11 heteroatoms. The third-order valence-corrected chi connectivity index (χ3v) is 4.09. The van der Waals surface area contributed by atoms with Gasteiger partial charge in [-0.05, 0) is 30.3 Å². The van der Waals surface area contributed by atoms with E-state index in [1.54, 1.807) is 0 Å². The Kier molecular flexibility index (Phi) is 5.87. The van der Waals surface area contributed by atoms with Crippen molar-refractivity contribution in [3.8, 4) is 5.75 Å². The molecular weight excluding hydrogens is 472 g/mol.